The largest absolute Gasteiger partial charge is 0.508 e. The van der Waals surface area contributed by atoms with Gasteiger partial charge in [0, 0.05) is 19.4 Å². The molecular formula is C33H48N8O9. The summed E-state index contributed by atoms with van der Waals surface area (Å²) < 4.78 is 0. The Morgan fingerprint density at radius 1 is 0.700 bits per heavy atom. The Labute approximate surface area is 289 Å². The van der Waals surface area contributed by atoms with Crippen LogP contribution in [0.15, 0.2) is 53.5 Å². The first-order chi connectivity index (χ1) is 23.5. The quantitative estimate of drug-likeness (QED) is 0.0445. The zero-order valence-corrected chi connectivity index (χ0v) is 28.2. The molecule has 0 saturated carbocycles. The third kappa shape index (κ3) is 13.6. The van der Waals surface area contributed by atoms with Crippen molar-refractivity contribution in [3.05, 3.63) is 59.7 Å². The molecule has 2 rings (SSSR count). The Bertz CT molecular complexity index is 1480. The maximum Gasteiger partial charge on any atom is 0.328 e. The highest BCUT2D eigenvalue weighted by Crippen LogP contribution is 2.15. The van der Waals surface area contributed by atoms with Gasteiger partial charge in [-0.15, -0.1) is 0 Å². The van der Waals surface area contributed by atoms with E-state index in [9.17, 15) is 44.4 Å². The number of phenols is 2. The third-order valence-electron chi connectivity index (χ3n) is 7.62. The van der Waals surface area contributed by atoms with Gasteiger partial charge in [-0.05, 0) is 61.1 Å². The van der Waals surface area contributed by atoms with E-state index in [1.165, 1.54) is 43.3 Å². The summed E-state index contributed by atoms with van der Waals surface area (Å²) in [4.78, 5) is 69.3. The molecule has 6 atom stereocenters. The van der Waals surface area contributed by atoms with E-state index in [-0.39, 0.29) is 43.3 Å². The normalized spacial score (nSPS) is 14.6. The van der Waals surface area contributed by atoms with E-state index < -0.39 is 71.8 Å². The van der Waals surface area contributed by atoms with Gasteiger partial charge >= 0.3 is 5.97 Å². The summed E-state index contributed by atoms with van der Waals surface area (Å²) in [5.41, 5.74) is 17.8. The number of rotatable bonds is 19. The molecule has 0 aliphatic carbocycles. The van der Waals surface area contributed by atoms with Crippen molar-refractivity contribution >= 4 is 35.6 Å². The van der Waals surface area contributed by atoms with Gasteiger partial charge in [-0.1, -0.05) is 38.1 Å². The number of phenolic OH excluding ortho intramolecular Hbond substituents is 2. The number of carbonyl (C=O) groups excluding carboxylic acids is 4. The average Bonchev–Trinajstić information content (AvgIpc) is 3.04. The van der Waals surface area contributed by atoms with Crippen LogP contribution >= 0.6 is 0 Å². The second-order valence-corrected chi connectivity index (χ2v) is 12.2. The van der Waals surface area contributed by atoms with E-state index in [2.05, 4.69) is 26.3 Å². The molecule has 0 fully saturated rings. The number of hydrogen-bond donors (Lipinski definition) is 11. The molecule has 50 heavy (non-hydrogen) atoms. The van der Waals surface area contributed by atoms with Crippen LogP contribution in [0.2, 0.25) is 0 Å². The van der Waals surface area contributed by atoms with Crippen LogP contribution in [0.4, 0.5) is 0 Å². The van der Waals surface area contributed by atoms with E-state index in [4.69, 9.17) is 17.2 Å². The van der Waals surface area contributed by atoms with Crippen molar-refractivity contribution < 1.29 is 44.4 Å². The van der Waals surface area contributed by atoms with Crippen LogP contribution in [0.1, 0.15) is 44.7 Å². The number of hydrogen-bond acceptors (Lipinski definition) is 10. The average molecular weight is 701 g/mol. The molecule has 0 radical (unpaired) electrons. The first-order valence-electron chi connectivity index (χ1n) is 16.0. The number of aromatic hydroxyl groups is 2. The van der Waals surface area contributed by atoms with Gasteiger partial charge in [0.2, 0.25) is 23.6 Å². The van der Waals surface area contributed by atoms with Gasteiger partial charge in [-0.2, -0.15) is 0 Å². The fourth-order valence-electron chi connectivity index (χ4n) is 4.78. The van der Waals surface area contributed by atoms with Gasteiger partial charge in [-0.25, -0.2) is 4.79 Å². The second-order valence-electron chi connectivity index (χ2n) is 12.2. The third-order valence-corrected chi connectivity index (χ3v) is 7.62. The van der Waals surface area contributed by atoms with Crippen LogP contribution in [-0.2, 0) is 36.8 Å². The Kier molecular flexibility index (Phi) is 15.9. The summed E-state index contributed by atoms with van der Waals surface area (Å²) in [5.74, 6) is -5.30. The molecule has 0 bridgehead atoms. The van der Waals surface area contributed by atoms with Crippen LogP contribution in [0.3, 0.4) is 0 Å². The molecule has 4 amide bonds. The Morgan fingerprint density at radius 3 is 1.56 bits per heavy atom. The summed E-state index contributed by atoms with van der Waals surface area (Å²) in [6, 6.07) is 5.25. The molecule has 0 aliphatic heterocycles. The topological polar surface area (TPSA) is 305 Å². The van der Waals surface area contributed by atoms with Gasteiger partial charge in [0.15, 0.2) is 12.0 Å². The van der Waals surface area contributed by atoms with Crippen molar-refractivity contribution in [3.63, 3.8) is 0 Å². The molecule has 0 spiro atoms. The first-order valence-corrected chi connectivity index (χ1v) is 16.0. The molecule has 0 aromatic heterocycles. The van der Waals surface area contributed by atoms with Crippen molar-refractivity contribution in [2.75, 3.05) is 6.54 Å². The van der Waals surface area contributed by atoms with Crippen LogP contribution in [0, 0.1) is 5.92 Å². The van der Waals surface area contributed by atoms with E-state index >= 15 is 0 Å². The monoisotopic (exact) mass is 700 g/mol. The number of aliphatic hydroxyl groups is 1. The fraction of sp³-hybridized carbons (Fsp3) is 0.455. The number of nitrogens with zero attached hydrogens (tertiary/aromatic N) is 1. The molecule has 0 heterocycles. The van der Waals surface area contributed by atoms with Crippen LogP contribution < -0.4 is 38.5 Å². The maximum absolute atomic E-state index is 13.9. The predicted molar refractivity (Wildman–Crippen MR) is 183 cm³/mol. The van der Waals surface area contributed by atoms with Gasteiger partial charge in [0.25, 0.3) is 0 Å². The van der Waals surface area contributed by atoms with Gasteiger partial charge in [-0.3, -0.25) is 24.2 Å². The molecule has 2 aromatic rings. The van der Waals surface area contributed by atoms with E-state index in [0.717, 1.165) is 0 Å². The zero-order chi connectivity index (χ0) is 37.5. The Hall–Kier alpha value is -5.42. The van der Waals surface area contributed by atoms with Crippen molar-refractivity contribution in [2.45, 2.75) is 82.8 Å². The SMILES string of the molecule is CC(C)[C@H](NC(=O)[C@H](Cc1ccc(O)cc1)NC(=O)[C@H](Cc1ccc(O)cc1)NC(=O)[C@@H](N)CCCN=C(N)N)C(=O)N[C@H](C(=O)O)[C@@H](C)O. The van der Waals surface area contributed by atoms with Gasteiger partial charge in [0.05, 0.1) is 12.1 Å². The number of nitrogens with two attached hydrogens (primary N) is 3. The standard InChI is InChI=1S/C33H48N8O9/c1-17(2)26(31(48)41-27(18(3)42)32(49)50)40-30(47)25(16-20-8-12-22(44)13-9-20)39-29(46)24(15-19-6-10-21(43)11-7-19)38-28(45)23(34)5-4-14-37-33(35)36/h6-13,17-18,23-27,42-44H,4-5,14-16,34H2,1-3H3,(H,38,45)(H,39,46)(H,40,47)(H,41,48)(H,49,50)(H4,35,36,37)/t18-,23+,24+,25+,26+,27+/m1/s1. The first kappa shape index (κ1) is 40.8. The van der Waals surface area contributed by atoms with E-state index in [1.807, 2.05) is 0 Å². The number of aliphatic carboxylic acids is 1. The Morgan fingerprint density at radius 2 is 1.14 bits per heavy atom. The van der Waals surface area contributed by atoms with Gasteiger partial charge < -0.3 is 58.9 Å². The summed E-state index contributed by atoms with van der Waals surface area (Å²) in [6.45, 7) is 4.65. The minimum atomic E-state index is -1.64. The lowest BCUT2D eigenvalue weighted by molar-refractivity contribution is -0.145. The number of aliphatic hydroxyl groups excluding tert-OH is 1. The molecular weight excluding hydrogens is 652 g/mol. The summed E-state index contributed by atoms with van der Waals surface area (Å²) >= 11 is 0. The lowest BCUT2D eigenvalue weighted by atomic mass is 9.99. The smallest absolute Gasteiger partial charge is 0.328 e. The number of carboxylic acid groups (broad SMARTS) is 1. The molecule has 17 nitrogen and oxygen atoms in total. The number of nitrogens with one attached hydrogen (secondary N) is 4. The lowest BCUT2D eigenvalue weighted by Crippen LogP contribution is -2.60. The highest BCUT2D eigenvalue weighted by Gasteiger charge is 2.34. The van der Waals surface area contributed by atoms with Crippen LogP contribution in [0.25, 0.3) is 0 Å². The number of aliphatic imine (C=N–C) groups is 1. The molecule has 274 valence electrons. The fourth-order valence-corrected chi connectivity index (χ4v) is 4.78. The molecule has 17 heteroatoms. The van der Waals surface area contributed by atoms with Crippen molar-refractivity contribution in [1.29, 1.82) is 0 Å². The molecule has 14 N–H and O–H groups in total. The van der Waals surface area contributed by atoms with E-state index in [1.54, 1.807) is 26.0 Å². The molecule has 0 unspecified atom stereocenters. The second kappa shape index (κ2) is 19.5. The van der Waals surface area contributed by atoms with Crippen molar-refractivity contribution in [2.24, 2.45) is 28.1 Å². The molecule has 2 aromatic carbocycles. The zero-order valence-electron chi connectivity index (χ0n) is 28.2. The summed E-state index contributed by atoms with van der Waals surface area (Å²) in [7, 11) is 0. The lowest BCUT2D eigenvalue weighted by Gasteiger charge is -2.28. The van der Waals surface area contributed by atoms with Crippen LogP contribution in [0.5, 0.6) is 11.5 Å². The maximum atomic E-state index is 13.9. The number of carboxylic acids is 1. The number of guanidine groups is 1. The highest BCUT2D eigenvalue weighted by atomic mass is 16.4. The van der Waals surface area contributed by atoms with Crippen molar-refractivity contribution in [3.8, 4) is 11.5 Å². The number of benzene rings is 2. The Balaban J connectivity index is 2.37. The predicted octanol–water partition coefficient (Wildman–Crippen LogP) is -1.68. The van der Waals surface area contributed by atoms with Gasteiger partial charge in [0.1, 0.15) is 29.6 Å². The minimum absolute atomic E-state index is 0.0147. The van der Waals surface area contributed by atoms with Crippen LogP contribution in [-0.4, -0.2) is 98.8 Å². The molecule has 0 aliphatic rings. The number of amides is 4. The van der Waals surface area contributed by atoms with E-state index in [0.29, 0.717) is 17.5 Å². The molecule has 0 saturated heterocycles. The number of carbonyl (C=O) groups is 5. The minimum Gasteiger partial charge on any atom is -0.508 e. The summed E-state index contributed by atoms with van der Waals surface area (Å²) in [5, 5.41) is 48.8. The van der Waals surface area contributed by atoms with Crippen molar-refractivity contribution in [1.82, 2.24) is 21.3 Å². The highest BCUT2D eigenvalue weighted by molar-refractivity contribution is 5.95. The summed E-state index contributed by atoms with van der Waals surface area (Å²) in [6.07, 6.45) is -1.03.